The van der Waals surface area contributed by atoms with Crippen molar-refractivity contribution in [3.63, 3.8) is 0 Å². The molecule has 0 spiro atoms. The number of nitrogens with zero attached hydrogens (tertiary/aromatic N) is 1. The summed E-state index contributed by atoms with van der Waals surface area (Å²) >= 11 is 0. The van der Waals surface area contributed by atoms with E-state index in [0.717, 1.165) is 16.6 Å². The minimum atomic E-state index is -0.469. The summed E-state index contributed by atoms with van der Waals surface area (Å²) in [4.78, 5) is 11.4. The highest BCUT2D eigenvalue weighted by molar-refractivity contribution is 5.81. The van der Waals surface area contributed by atoms with Crippen LogP contribution in [-0.4, -0.2) is 35.0 Å². The van der Waals surface area contributed by atoms with Crippen LogP contribution in [0.2, 0.25) is 0 Å². The Balaban J connectivity index is 1.74. The molecule has 0 bridgehead atoms. The SMILES string of the molecule is CC(C)(C)OC(=O)NCCNc1ccc2cn[nH]c2c1. The molecule has 0 saturated heterocycles. The smallest absolute Gasteiger partial charge is 0.407 e. The predicted octanol–water partition coefficient (Wildman–Crippen LogP) is 2.50. The van der Waals surface area contributed by atoms with Crippen LogP contribution in [0.1, 0.15) is 20.8 Å². The predicted molar refractivity (Wildman–Crippen MR) is 78.8 cm³/mol. The molecule has 0 radical (unpaired) electrons. The third kappa shape index (κ3) is 4.15. The fourth-order valence-electron chi connectivity index (χ4n) is 1.73. The number of alkyl carbamates (subject to hydrolysis) is 1. The third-order valence-corrected chi connectivity index (χ3v) is 2.56. The lowest BCUT2D eigenvalue weighted by Gasteiger charge is -2.19. The van der Waals surface area contributed by atoms with Crippen LogP contribution in [0, 0.1) is 0 Å². The molecule has 1 aromatic carbocycles. The zero-order chi connectivity index (χ0) is 14.6. The van der Waals surface area contributed by atoms with E-state index in [2.05, 4.69) is 20.8 Å². The number of anilines is 1. The Morgan fingerprint density at radius 1 is 1.35 bits per heavy atom. The van der Waals surface area contributed by atoms with Crippen molar-refractivity contribution in [2.45, 2.75) is 26.4 Å². The van der Waals surface area contributed by atoms with Crippen LogP contribution in [0.25, 0.3) is 10.9 Å². The second-order valence-corrected chi connectivity index (χ2v) is 5.53. The van der Waals surface area contributed by atoms with Gasteiger partial charge in [-0.05, 0) is 39.0 Å². The normalized spacial score (nSPS) is 11.3. The van der Waals surface area contributed by atoms with Gasteiger partial charge < -0.3 is 15.4 Å². The van der Waals surface area contributed by atoms with Crippen molar-refractivity contribution in [2.24, 2.45) is 0 Å². The van der Waals surface area contributed by atoms with Crippen molar-refractivity contribution in [3.05, 3.63) is 24.4 Å². The Morgan fingerprint density at radius 3 is 2.90 bits per heavy atom. The van der Waals surface area contributed by atoms with Crippen LogP contribution in [-0.2, 0) is 4.74 Å². The molecule has 0 aliphatic carbocycles. The van der Waals surface area contributed by atoms with E-state index in [4.69, 9.17) is 4.74 Å². The fraction of sp³-hybridized carbons (Fsp3) is 0.429. The van der Waals surface area contributed by atoms with Gasteiger partial charge in [0, 0.05) is 24.2 Å². The summed E-state index contributed by atoms with van der Waals surface area (Å²) in [5, 5.41) is 13.9. The third-order valence-electron chi connectivity index (χ3n) is 2.56. The Labute approximate surface area is 117 Å². The van der Waals surface area contributed by atoms with Gasteiger partial charge in [-0.25, -0.2) is 4.79 Å². The second-order valence-electron chi connectivity index (χ2n) is 5.53. The maximum Gasteiger partial charge on any atom is 0.407 e. The van der Waals surface area contributed by atoms with Crippen molar-refractivity contribution in [1.82, 2.24) is 15.5 Å². The molecule has 0 atom stereocenters. The average Bonchev–Trinajstić information content (AvgIpc) is 2.79. The van der Waals surface area contributed by atoms with Gasteiger partial charge >= 0.3 is 6.09 Å². The van der Waals surface area contributed by atoms with E-state index in [1.807, 2.05) is 39.0 Å². The Bertz CT molecular complexity index is 586. The van der Waals surface area contributed by atoms with Crippen LogP contribution in [0.5, 0.6) is 0 Å². The lowest BCUT2D eigenvalue weighted by molar-refractivity contribution is 0.0530. The highest BCUT2D eigenvalue weighted by atomic mass is 16.6. The van der Waals surface area contributed by atoms with Crippen molar-refractivity contribution >= 4 is 22.7 Å². The zero-order valence-corrected chi connectivity index (χ0v) is 12.0. The van der Waals surface area contributed by atoms with Gasteiger partial charge in [0.15, 0.2) is 0 Å². The van der Waals surface area contributed by atoms with Crippen molar-refractivity contribution in [3.8, 4) is 0 Å². The first-order valence-corrected chi connectivity index (χ1v) is 6.58. The number of benzene rings is 1. The first kappa shape index (κ1) is 14.2. The topological polar surface area (TPSA) is 79.0 Å². The number of amides is 1. The molecule has 6 heteroatoms. The number of carbonyl (C=O) groups is 1. The van der Waals surface area contributed by atoms with Gasteiger partial charge in [0.2, 0.25) is 0 Å². The molecule has 2 rings (SSSR count). The molecule has 1 heterocycles. The quantitative estimate of drug-likeness (QED) is 0.750. The molecule has 0 unspecified atom stereocenters. The Kier molecular flexibility index (Phi) is 4.12. The van der Waals surface area contributed by atoms with Crippen LogP contribution in [0.15, 0.2) is 24.4 Å². The van der Waals surface area contributed by atoms with E-state index < -0.39 is 11.7 Å². The molecule has 0 aliphatic heterocycles. The molecular formula is C14H20N4O2. The van der Waals surface area contributed by atoms with Crippen molar-refractivity contribution in [2.75, 3.05) is 18.4 Å². The second kappa shape index (κ2) is 5.81. The Hall–Kier alpha value is -2.24. The summed E-state index contributed by atoms with van der Waals surface area (Å²) in [5.41, 5.74) is 1.49. The van der Waals surface area contributed by atoms with Crippen LogP contribution >= 0.6 is 0 Å². The van der Waals surface area contributed by atoms with Gasteiger partial charge in [-0.15, -0.1) is 0 Å². The number of ether oxygens (including phenoxy) is 1. The average molecular weight is 276 g/mol. The molecule has 0 saturated carbocycles. The highest BCUT2D eigenvalue weighted by Gasteiger charge is 2.15. The van der Waals surface area contributed by atoms with Crippen LogP contribution in [0.3, 0.4) is 0 Å². The maximum absolute atomic E-state index is 11.4. The van der Waals surface area contributed by atoms with Gasteiger partial charge in [0.1, 0.15) is 5.60 Å². The number of hydrogen-bond donors (Lipinski definition) is 3. The largest absolute Gasteiger partial charge is 0.444 e. The summed E-state index contributed by atoms with van der Waals surface area (Å²) in [6.45, 7) is 6.63. The standard InChI is InChI=1S/C14H20N4O2/c1-14(2,3)20-13(19)16-7-6-15-11-5-4-10-9-17-18-12(10)8-11/h4-5,8-9,15H,6-7H2,1-3H3,(H,16,19)(H,17,18). The summed E-state index contributed by atoms with van der Waals surface area (Å²) in [6.07, 6.45) is 1.38. The molecule has 108 valence electrons. The molecule has 6 nitrogen and oxygen atoms in total. The minimum Gasteiger partial charge on any atom is -0.444 e. The maximum atomic E-state index is 11.4. The van der Waals surface area contributed by atoms with E-state index in [1.54, 1.807) is 6.20 Å². The van der Waals surface area contributed by atoms with E-state index in [9.17, 15) is 4.79 Å². The molecule has 1 amide bonds. The number of aromatic amines is 1. The van der Waals surface area contributed by atoms with E-state index in [0.29, 0.717) is 13.1 Å². The summed E-state index contributed by atoms with van der Waals surface area (Å²) < 4.78 is 5.15. The van der Waals surface area contributed by atoms with Crippen molar-refractivity contribution < 1.29 is 9.53 Å². The van der Waals surface area contributed by atoms with Gasteiger partial charge in [-0.1, -0.05) is 0 Å². The minimum absolute atomic E-state index is 0.400. The molecule has 0 aliphatic rings. The summed E-state index contributed by atoms with van der Waals surface area (Å²) in [6, 6.07) is 5.95. The van der Waals surface area contributed by atoms with Gasteiger partial charge in [-0.2, -0.15) is 5.10 Å². The number of hydrogen-bond acceptors (Lipinski definition) is 4. The Morgan fingerprint density at radius 2 is 2.15 bits per heavy atom. The number of carbonyl (C=O) groups excluding carboxylic acids is 1. The van der Waals surface area contributed by atoms with Gasteiger partial charge in [-0.3, -0.25) is 5.10 Å². The first-order valence-electron chi connectivity index (χ1n) is 6.58. The lowest BCUT2D eigenvalue weighted by Crippen LogP contribution is -2.34. The van der Waals surface area contributed by atoms with E-state index in [1.165, 1.54) is 0 Å². The number of H-pyrrole nitrogens is 1. The van der Waals surface area contributed by atoms with Gasteiger partial charge in [0.05, 0.1) is 11.7 Å². The lowest BCUT2D eigenvalue weighted by atomic mass is 10.2. The summed E-state index contributed by atoms with van der Waals surface area (Å²) in [7, 11) is 0. The van der Waals surface area contributed by atoms with E-state index in [-0.39, 0.29) is 0 Å². The summed E-state index contributed by atoms with van der Waals surface area (Å²) in [5.74, 6) is 0. The van der Waals surface area contributed by atoms with Gasteiger partial charge in [0.25, 0.3) is 0 Å². The molecule has 0 fully saturated rings. The van der Waals surface area contributed by atoms with E-state index >= 15 is 0 Å². The number of nitrogens with one attached hydrogen (secondary N) is 3. The number of fused-ring (bicyclic) bond motifs is 1. The monoisotopic (exact) mass is 276 g/mol. The fourth-order valence-corrected chi connectivity index (χ4v) is 1.73. The molecule has 20 heavy (non-hydrogen) atoms. The zero-order valence-electron chi connectivity index (χ0n) is 12.0. The molecule has 3 N–H and O–H groups in total. The number of aromatic nitrogens is 2. The first-order chi connectivity index (χ1) is 9.44. The van der Waals surface area contributed by atoms with Crippen LogP contribution in [0.4, 0.5) is 10.5 Å². The highest BCUT2D eigenvalue weighted by Crippen LogP contribution is 2.16. The molecule has 2 aromatic rings. The number of rotatable bonds is 4. The van der Waals surface area contributed by atoms with Crippen molar-refractivity contribution in [1.29, 1.82) is 0 Å². The molecule has 1 aromatic heterocycles. The molecular weight excluding hydrogens is 256 g/mol. The van der Waals surface area contributed by atoms with Crippen LogP contribution < -0.4 is 10.6 Å².